The van der Waals surface area contributed by atoms with Gasteiger partial charge in [-0.3, -0.25) is 4.79 Å². The van der Waals surface area contributed by atoms with E-state index in [1.807, 2.05) is 30.3 Å². The number of ether oxygens (including phenoxy) is 3. The smallest absolute Gasteiger partial charge is 0.260 e. The Kier molecular flexibility index (Phi) is 8.21. The van der Waals surface area contributed by atoms with Crippen molar-refractivity contribution in [1.82, 2.24) is 4.90 Å². The molecule has 0 atom stereocenters. The average molecular weight is 460 g/mol. The van der Waals surface area contributed by atoms with Crippen LogP contribution < -0.4 is 9.47 Å². The van der Waals surface area contributed by atoms with Crippen LogP contribution in [0.2, 0.25) is 0 Å². The molecule has 3 aromatic carbocycles. The summed E-state index contributed by atoms with van der Waals surface area (Å²) in [6.07, 6.45) is 0.773. The summed E-state index contributed by atoms with van der Waals surface area (Å²) in [5.74, 6) is 1.98. The van der Waals surface area contributed by atoms with Crippen LogP contribution in [0.4, 0.5) is 0 Å². The van der Waals surface area contributed by atoms with Gasteiger partial charge in [0.05, 0.1) is 13.2 Å². The molecule has 0 saturated heterocycles. The van der Waals surface area contributed by atoms with Crippen molar-refractivity contribution in [2.45, 2.75) is 32.7 Å². The number of nitrogens with zero attached hydrogens (tertiary/aromatic N) is 1. The van der Waals surface area contributed by atoms with Gasteiger partial charge in [-0.2, -0.15) is 0 Å². The third-order valence-electron chi connectivity index (χ3n) is 5.96. The van der Waals surface area contributed by atoms with E-state index in [-0.39, 0.29) is 12.5 Å². The lowest BCUT2D eigenvalue weighted by Crippen LogP contribution is -2.37. The summed E-state index contributed by atoms with van der Waals surface area (Å²) >= 11 is 0. The second-order valence-electron chi connectivity index (χ2n) is 8.90. The van der Waals surface area contributed by atoms with E-state index in [1.54, 1.807) is 4.90 Å². The van der Waals surface area contributed by atoms with Crippen molar-refractivity contribution in [2.24, 2.45) is 0 Å². The van der Waals surface area contributed by atoms with E-state index in [1.165, 1.54) is 16.7 Å². The van der Waals surface area contributed by atoms with Gasteiger partial charge in [-0.1, -0.05) is 68.4 Å². The lowest BCUT2D eigenvalue weighted by atomic mass is 9.96. The van der Waals surface area contributed by atoms with Crippen LogP contribution >= 0.6 is 0 Å². The second-order valence-corrected chi connectivity index (χ2v) is 8.90. The quantitative estimate of drug-likeness (QED) is 0.537. The van der Waals surface area contributed by atoms with Gasteiger partial charge in [0.1, 0.15) is 18.1 Å². The van der Waals surface area contributed by atoms with Gasteiger partial charge in [0.15, 0.2) is 6.61 Å². The Labute approximate surface area is 202 Å². The lowest BCUT2D eigenvalue weighted by Gasteiger charge is -2.24. The number of carbonyl (C=O) groups is 1. The largest absolute Gasteiger partial charge is 0.491 e. The Bertz CT molecular complexity index is 1080. The first-order chi connectivity index (χ1) is 16.6. The first-order valence-electron chi connectivity index (χ1n) is 12.0. The minimum Gasteiger partial charge on any atom is -0.491 e. The summed E-state index contributed by atoms with van der Waals surface area (Å²) in [6.45, 7) is 6.80. The third-order valence-corrected chi connectivity index (χ3v) is 5.96. The molecule has 5 nitrogen and oxygen atoms in total. The molecular weight excluding hydrogens is 426 g/mol. The fourth-order valence-corrected chi connectivity index (χ4v) is 4.05. The maximum absolute atomic E-state index is 13.0. The molecule has 1 heterocycles. The van der Waals surface area contributed by atoms with E-state index >= 15 is 0 Å². The molecule has 2 bridgehead atoms. The molecule has 1 aliphatic heterocycles. The first kappa shape index (κ1) is 23.8. The number of carbonyl (C=O) groups excluding carboxylic acids is 1. The van der Waals surface area contributed by atoms with Crippen molar-refractivity contribution in [3.63, 3.8) is 0 Å². The minimum atomic E-state index is -0.0619. The van der Waals surface area contributed by atoms with Gasteiger partial charge in [0.25, 0.3) is 5.91 Å². The molecule has 3 aromatic rings. The molecule has 0 fully saturated rings. The monoisotopic (exact) mass is 459 g/mol. The van der Waals surface area contributed by atoms with Crippen LogP contribution in [0.5, 0.6) is 11.5 Å². The first-order valence-corrected chi connectivity index (χ1v) is 12.0. The van der Waals surface area contributed by atoms with Crippen LogP contribution in [-0.2, 0) is 22.5 Å². The normalized spacial score (nSPS) is 14.6. The molecule has 0 spiro atoms. The molecule has 0 radical (unpaired) electrons. The molecule has 0 aliphatic carbocycles. The summed E-state index contributed by atoms with van der Waals surface area (Å²) in [7, 11) is 0. The van der Waals surface area contributed by atoms with Gasteiger partial charge in [-0.15, -0.1) is 0 Å². The van der Waals surface area contributed by atoms with E-state index in [9.17, 15) is 4.79 Å². The van der Waals surface area contributed by atoms with Crippen molar-refractivity contribution in [2.75, 3.05) is 33.0 Å². The summed E-state index contributed by atoms with van der Waals surface area (Å²) in [6, 6.07) is 24.3. The fraction of sp³-hybridized carbons (Fsp3) is 0.345. The molecular formula is C29H33NO4. The number of para-hydroxylation sites is 1. The van der Waals surface area contributed by atoms with Crippen molar-refractivity contribution in [3.05, 3.63) is 95.1 Å². The Morgan fingerprint density at radius 1 is 0.941 bits per heavy atom. The molecule has 0 saturated carbocycles. The fourth-order valence-electron chi connectivity index (χ4n) is 4.05. The highest BCUT2D eigenvalue weighted by Gasteiger charge is 2.16. The van der Waals surface area contributed by atoms with Crippen molar-refractivity contribution < 1.29 is 19.0 Å². The van der Waals surface area contributed by atoms with Crippen LogP contribution in [-0.4, -0.2) is 43.8 Å². The Morgan fingerprint density at radius 3 is 2.59 bits per heavy atom. The molecule has 0 aromatic heterocycles. The van der Waals surface area contributed by atoms with Gasteiger partial charge >= 0.3 is 0 Å². The van der Waals surface area contributed by atoms with Gasteiger partial charge in [-0.05, 0) is 46.4 Å². The highest BCUT2D eigenvalue weighted by molar-refractivity contribution is 5.77. The Morgan fingerprint density at radius 2 is 1.76 bits per heavy atom. The Hall–Kier alpha value is -3.31. The van der Waals surface area contributed by atoms with Gasteiger partial charge in [0, 0.05) is 19.5 Å². The van der Waals surface area contributed by atoms with Crippen LogP contribution in [0.15, 0.2) is 72.8 Å². The molecule has 4 rings (SSSR count). The van der Waals surface area contributed by atoms with Crippen LogP contribution in [0.25, 0.3) is 0 Å². The maximum atomic E-state index is 13.0. The molecule has 1 amide bonds. The summed E-state index contributed by atoms with van der Waals surface area (Å²) in [4.78, 5) is 14.8. The minimum absolute atomic E-state index is 0.00182. The number of benzene rings is 3. The van der Waals surface area contributed by atoms with Crippen LogP contribution in [0.3, 0.4) is 0 Å². The van der Waals surface area contributed by atoms with Crippen molar-refractivity contribution in [1.29, 1.82) is 0 Å². The van der Waals surface area contributed by atoms with E-state index in [4.69, 9.17) is 14.2 Å². The van der Waals surface area contributed by atoms with E-state index in [2.05, 4.69) is 56.3 Å². The van der Waals surface area contributed by atoms with Crippen LogP contribution in [0, 0.1) is 0 Å². The molecule has 34 heavy (non-hydrogen) atoms. The highest BCUT2D eigenvalue weighted by Crippen LogP contribution is 2.27. The molecule has 5 heteroatoms. The highest BCUT2D eigenvalue weighted by atomic mass is 16.5. The zero-order valence-corrected chi connectivity index (χ0v) is 20.0. The topological polar surface area (TPSA) is 48.0 Å². The predicted molar refractivity (Wildman–Crippen MR) is 133 cm³/mol. The van der Waals surface area contributed by atoms with Crippen LogP contribution in [0.1, 0.15) is 42.0 Å². The Balaban J connectivity index is 1.53. The number of hydrogen-bond acceptors (Lipinski definition) is 4. The number of amides is 1. The van der Waals surface area contributed by atoms with E-state index < -0.39 is 0 Å². The third kappa shape index (κ3) is 6.61. The van der Waals surface area contributed by atoms with Gasteiger partial charge in [0.2, 0.25) is 0 Å². The van der Waals surface area contributed by atoms with E-state index in [0.29, 0.717) is 44.6 Å². The van der Waals surface area contributed by atoms with Crippen molar-refractivity contribution >= 4 is 5.91 Å². The lowest BCUT2D eigenvalue weighted by molar-refractivity contribution is -0.134. The zero-order chi connectivity index (χ0) is 23.8. The molecule has 1 aliphatic rings. The standard InChI is InChI=1S/C29H33NO4/c1-22(2)25-11-12-28-26(19-25)18-23-7-6-8-24(17-23)20-30(13-14-32-15-16-33-28)29(31)21-34-27-9-4-3-5-10-27/h3-12,17,19,22H,13-16,18,20-21H2,1-2H3. The second kappa shape index (κ2) is 11.7. The van der Waals surface area contributed by atoms with Crippen molar-refractivity contribution in [3.8, 4) is 11.5 Å². The molecule has 0 N–H and O–H groups in total. The number of hydrogen-bond donors (Lipinski definition) is 0. The number of fused-ring (bicyclic) bond motifs is 3. The SMILES string of the molecule is CC(C)c1ccc2c(c1)Cc1cccc(c1)CN(C(=O)COc1ccccc1)CCOCCO2. The van der Waals surface area contributed by atoms with Gasteiger partial charge < -0.3 is 19.1 Å². The molecule has 178 valence electrons. The summed E-state index contributed by atoms with van der Waals surface area (Å²) in [5.41, 5.74) is 4.75. The summed E-state index contributed by atoms with van der Waals surface area (Å²) < 4.78 is 17.6. The average Bonchev–Trinajstić information content (AvgIpc) is 2.85. The molecule has 0 unspecified atom stereocenters. The predicted octanol–water partition coefficient (Wildman–Crippen LogP) is 5.22. The van der Waals surface area contributed by atoms with Gasteiger partial charge in [-0.25, -0.2) is 0 Å². The summed E-state index contributed by atoms with van der Waals surface area (Å²) in [5, 5.41) is 0. The zero-order valence-electron chi connectivity index (χ0n) is 20.0. The number of rotatable bonds is 4. The van der Waals surface area contributed by atoms with E-state index in [0.717, 1.165) is 17.7 Å². The maximum Gasteiger partial charge on any atom is 0.260 e.